The van der Waals surface area contributed by atoms with E-state index in [1.807, 2.05) is 32.9 Å². The first-order chi connectivity index (χ1) is 10.8. The third-order valence-electron chi connectivity index (χ3n) is 3.04. The van der Waals surface area contributed by atoms with Gasteiger partial charge in [-0.15, -0.1) is 0 Å². The van der Waals surface area contributed by atoms with Crippen LogP contribution in [0.2, 0.25) is 0 Å². The third-order valence-corrected chi connectivity index (χ3v) is 3.99. The molecule has 0 bridgehead atoms. The monoisotopic (exact) mass is 427 g/mol. The Balaban J connectivity index is 1.89. The molecule has 0 spiro atoms. The molecule has 2 rings (SSSR count). The normalized spacial score (nSPS) is 11.1. The lowest BCUT2D eigenvalue weighted by atomic mass is 9.93. The van der Waals surface area contributed by atoms with Crippen molar-refractivity contribution in [2.45, 2.75) is 26.2 Å². The van der Waals surface area contributed by atoms with Gasteiger partial charge in [-0.05, 0) is 34.7 Å². The summed E-state index contributed by atoms with van der Waals surface area (Å²) in [5.41, 5.74) is 0.353. The number of nitrogens with zero attached hydrogens (tertiary/aromatic N) is 1. The number of hydrogen-bond donors (Lipinski definition) is 2. The molecule has 7 heteroatoms. The van der Waals surface area contributed by atoms with Crippen LogP contribution in [0.5, 0.6) is 0 Å². The van der Waals surface area contributed by atoms with Crippen LogP contribution in [0.4, 0.5) is 5.82 Å². The Morgan fingerprint density at radius 1 is 1.26 bits per heavy atom. The van der Waals surface area contributed by atoms with Gasteiger partial charge < -0.3 is 15.2 Å². The van der Waals surface area contributed by atoms with Crippen molar-refractivity contribution >= 4 is 40.2 Å². The number of aromatic nitrogens is 1. The fourth-order valence-corrected chi connectivity index (χ4v) is 2.41. The first kappa shape index (κ1) is 17.5. The molecule has 23 heavy (non-hydrogen) atoms. The standard InChI is InChI=1S/C16H18IN3O3/c1-16(2,3)12-8-13(20-23-12)19-14(21)9-18-15(22)10-6-4-5-7-11(10)17/h4-8H,9H2,1-3H3,(H,18,22)(H,19,20,21). The second-order valence-electron chi connectivity index (χ2n) is 6.04. The first-order valence-corrected chi connectivity index (χ1v) is 8.15. The van der Waals surface area contributed by atoms with E-state index in [-0.39, 0.29) is 23.8 Å². The molecule has 0 aliphatic rings. The summed E-state index contributed by atoms with van der Waals surface area (Å²) in [5.74, 6) is 0.359. The van der Waals surface area contributed by atoms with Crippen molar-refractivity contribution < 1.29 is 14.1 Å². The number of halogens is 1. The van der Waals surface area contributed by atoms with Crippen molar-refractivity contribution in [3.63, 3.8) is 0 Å². The van der Waals surface area contributed by atoms with Crippen molar-refractivity contribution in [2.24, 2.45) is 0 Å². The van der Waals surface area contributed by atoms with Gasteiger partial charge in [-0.25, -0.2) is 0 Å². The molecule has 0 fully saturated rings. The maximum Gasteiger partial charge on any atom is 0.252 e. The summed E-state index contributed by atoms with van der Waals surface area (Å²) in [4.78, 5) is 23.9. The number of benzene rings is 1. The van der Waals surface area contributed by atoms with Crippen LogP contribution in [-0.4, -0.2) is 23.5 Å². The van der Waals surface area contributed by atoms with E-state index in [0.717, 1.165) is 3.57 Å². The van der Waals surface area contributed by atoms with Crippen LogP contribution < -0.4 is 10.6 Å². The quantitative estimate of drug-likeness (QED) is 0.736. The largest absolute Gasteiger partial charge is 0.359 e. The molecule has 0 unspecified atom stereocenters. The summed E-state index contributed by atoms with van der Waals surface area (Å²) >= 11 is 2.08. The average molecular weight is 427 g/mol. The fourth-order valence-electron chi connectivity index (χ4n) is 1.78. The molecule has 2 N–H and O–H groups in total. The molecular weight excluding hydrogens is 409 g/mol. The molecule has 0 aliphatic carbocycles. The van der Waals surface area contributed by atoms with E-state index in [1.165, 1.54) is 0 Å². The molecule has 0 saturated carbocycles. The van der Waals surface area contributed by atoms with Gasteiger partial charge in [-0.1, -0.05) is 38.1 Å². The predicted octanol–water partition coefficient (Wildman–Crippen LogP) is 2.95. The van der Waals surface area contributed by atoms with Gasteiger partial charge >= 0.3 is 0 Å². The summed E-state index contributed by atoms with van der Waals surface area (Å²) in [7, 11) is 0. The second-order valence-corrected chi connectivity index (χ2v) is 7.20. The Labute approximate surface area is 148 Å². The zero-order chi connectivity index (χ0) is 17.0. The van der Waals surface area contributed by atoms with Gasteiger partial charge in [0.15, 0.2) is 5.82 Å². The van der Waals surface area contributed by atoms with Crippen LogP contribution in [0.3, 0.4) is 0 Å². The molecule has 0 saturated heterocycles. The number of anilines is 1. The molecule has 2 aromatic rings. The Morgan fingerprint density at radius 2 is 1.96 bits per heavy atom. The summed E-state index contributed by atoms with van der Waals surface area (Å²) in [6.45, 7) is 5.82. The average Bonchev–Trinajstić information content (AvgIpc) is 2.94. The highest BCUT2D eigenvalue weighted by Gasteiger charge is 2.20. The lowest BCUT2D eigenvalue weighted by Gasteiger charge is -2.12. The minimum absolute atomic E-state index is 0.137. The molecule has 1 aromatic carbocycles. The Kier molecular flexibility index (Phi) is 5.40. The number of carbonyl (C=O) groups excluding carboxylic acids is 2. The van der Waals surface area contributed by atoms with Crippen LogP contribution in [-0.2, 0) is 10.2 Å². The van der Waals surface area contributed by atoms with Gasteiger partial charge in [-0.2, -0.15) is 0 Å². The SMILES string of the molecule is CC(C)(C)c1cc(NC(=O)CNC(=O)c2ccccc2I)no1. The van der Waals surface area contributed by atoms with Gasteiger partial charge in [0.25, 0.3) is 5.91 Å². The van der Waals surface area contributed by atoms with E-state index in [0.29, 0.717) is 17.1 Å². The third kappa shape index (κ3) is 4.78. The highest BCUT2D eigenvalue weighted by Crippen LogP contribution is 2.24. The highest BCUT2D eigenvalue weighted by atomic mass is 127. The summed E-state index contributed by atoms with van der Waals surface area (Å²) in [6, 6.07) is 8.85. The predicted molar refractivity (Wildman–Crippen MR) is 95.3 cm³/mol. The van der Waals surface area contributed by atoms with E-state index in [1.54, 1.807) is 18.2 Å². The number of rotatable bonds is 4. The summed E-state index contributed by atoms with van der Waals surface area (Å²) in [5, 5.41) is 8.98. The molecule has 0 atom stereocenters. The highest BCUT2D eigenvalue weighted by molar-refractivity contribution is 14.1. The molecule has 0 aliphatic heterocycles. The first-order valence-electron chi connectivity index (χ1n) is 7.07. The van der Waals surface area contributed by atoms with Crippen molar-refractivity contribution in [1.82, 2.24) is 10.5 Å². The van der Waals surface area contributed by atoms with Gasteiger partial charge in [0.2, 0.25) is 5.91 Å². The summed E-state index contributed by atoms with van der Waals surface area (Å²) < 4.78 is 6.02. The lowest BCUT2D eigenvalue weighted by Crippen LogP contribution is -2.33. The number of hydrogen-bond acceptors (Lipinski definition) is 4. The Morgan fingerprint density at radius 3 is 2.57 bits per heavy atom. The minimum Gasteiger partial charge on any atom is -0.359 e. The van der Waals surface area contributed by atoms with Crippen molar-refractivity contribution in [3.8, 4) is 0 Å². The topological polar surface area (TPSA) is 84.2 Å². The van der Waals surface area contributed by atoms with E-state index < -0.39 is 0 Å². The Hall–Kier alpha value is -1.90. The fraction of sp³-hybridized carbons (Fsp3) is 0.312. The maximum absolute atomic E-state index is 12.0. The second kappa shape index (κ2) is 7.12. The molecular formula is C16H18IN3O3. The van der Waals surface area contributed by atoms with Crippen LogP contribution in [0.25, 0.3) is 0 Å². The summed E-state index contributed by atoms with van der Waals surface area (Å²) in [6.07, 6.45) is 0. The van der Waals surface area contributed by atoms with Crippen LogP contribution in [0.15, 0.2) is 34.9 Å². The molecule has 1 aromatic heterocycles. The smallest absolute Gasteiger partial charge is 0.252 e. The molecule has 6 nitrogen and oxygen atoms in total. The van der Waals surface area contributed by atoms with E-state index in [9.17, 15) is 9.59 Å². The van der Waals surface area contributed by atoms with Crippen molar-refractivity contribution in [2.75, 3.05) is 11.9 Å². The molecule has 2 amide bonds. The van der Waals surface area contributed by atoms with E-state index in [2.05, 4.69) is 38.4 Å². The van der Waals surface area contributed by atoms with E-state index in [4.69, 9.17) is 4.52 Å². The number of nitrogens with one attached hydrogen (secondary N) is 2. The minimum atomic E-state index is -0.363. The molecule has 122 valence electrons. The zero-order valence-electron chi connectivity index (χ0n) is 13.1. The van der Waals surface area contributed by atoms with Crippen LogP contribution in [0.1, 0.15) is 36.9 Å². The van der Waals surface area contributed by atoms with Crippen molar-refractivity contribution in [1.29, 1.82) is 0 Å². The number of amides is 2. The van der Waals surface area contributed by atoms with Crippen LogP contribution in [0, 0.1) is 3.57 Å². The van der Waals surface area contributed by atoms with Gasteiger partial charge in [0, 0.05) is 15.1 Å². The Bertz CT molecular complexity index is 719. The zero-order valence-corrected chi connectivity index (χ0v) is 15.3. The lowest BCUT2D eigenvalue weighted by molar-refractivity contribution is -0.115. The van der Waals surface area contributed by atoms with Crippen LogP contribution >= 0.6 is 22.6 Å². The van der Waals surface area contributed by atoms with E-state index >= 15 is 0 Å². The molecule has 0 radical (unpaired) electrons. The van der Waals surface area contributed by atoms with Crippen molar-refractivity contribution in [3.05, 3.63) is 45.2 Å². The van der Waals surface area contributed by atoms with Gasteiger partial charge in [-0.3, -0.25) is 9.59 Å². The maximum atomic E-state index is 12.0. The van der Waals surface area contributed by atoms with Gasteiger partial charge in [0.05, 0.1) is 12.1 Å². The van der Waals surface area contributed by atoms with Gasteiger partial charge in [0.1, 0.15) is 5.76 Å². The molecule has 1 heterocycles. The number of carbonyl (C=O) groups is 2.